The molecule has 0 spiro atoms. The number of hydrogen-bond donors (Lipinski definition) is 2. The summed E-state index contributed by atoms with van der Waals surface area (Å²) in [6.07, 6.45) is -1.67. The first kappa shape index (κ1) is 31.9. The van der Waals surface area contributed by atoms with Crippen molar-refractivity contribution in [2.45, 2.75) is 65.1 Å². The largest absolute Gasteiger partial charge is 0.389 e. The Bertz CT molecular complexity index is 1050. The average Bonchev–Trinajstić information content (AvgIpc) is 2.90. The molecule has 0 aromatic heterocycles. The Kier molecular flexibility index (Phi) is 13.0. The van der Waals surface area contributed by atoms with Crippen molar-refractivity contribution in [2.75, 3.05) is 19.6 Å². The van der Waals surface area contributed by atoms with Crippen molar-refractivity contribution in [3.63, 3.8) is 0 Å². The van der Waals surface area contributed by atoms with Crippen LogP contribution in [0.5, 0.6) is 0 Å². The van der Waals surface area contributed by atoms with Crippen LogP contribution in [0.2, 0.25) is 0 Å². The summed E-state index contributed by atoms with van der Waals surface area (Å²) < 4.78 is 37.1. The molecule has 1 radical (unpaired) electrons. The highest BCUT2D eigenvalue weighted by Crippen LogP contribution is 2.21. The summed E-state index contributed by atoms with van der Waals surface area (Å²) >= 11 is 0. The molecule has 2 aromatic carbocycles. The fourth-order valence-electron chi connectivity index (χ4n) is 4.21. The minimum atomic E-state index is -4.26. The van der Waals surface area contributed by atoms with E-state index in [2.05, 4.69) is 10.6 Å². The molecule has 0 aliphatic heterocycles. The molecule has 0 bridgehead atoms. The first-order valence-electron chi connectivity index (χ1n) is 13.5. The molecule has 2 rings (SSSR count). The number of amides is 3. The molecule has 0 aliphatic rings. The van der Waals surface area contributed by atoms with Crippen LogP contribution in [-0.4, -0.2) is 54.5 Å². The van der Waals surface area contributed by atoms with Crippen molar-refractivity contribution in [1.29, 1.82) is 0 Å². The second kappa shape index (κ2) is 15.9. The van der Waals surface area contributed by atoms with Gasteiger partial charge in [0.1, 0.15) is 0 Å². The maximum absolute atomic E-state index is 13.2. The van der Waals surface area contributed by atoms with Crippen LogP contribution in [0.25, 0.3) is 0 Å². The Morgan fingerprint density at radius 2 is 1.59 bits per heavy atom. The van der Waals surface area contributed by atoms with Gasteiger partial charge in [0.05, 0.1) is 0 Å². The summed E-state index contributed by atoms with van der Waals surface area (Å²) in [4.78, 5) is 40.6. The first-order chi connectivity index (χ1) is 18.5. The van der Waals surface area contributed by atoms with Crippen molar-refractivity contribution in [2.24, 2.45) is 5.92 Å². The molecule has 0 aliphatic carbocycles. The zero-order valence-corrected chi connectivity index (χ0v) is 22.9. The van der Waals surface area contributed by atoms with Gasteiger partial charge in [-0.1, -0.05) is 57.2 Å². The van der Waals surface area contributed by atoms with Crippen LogP contribution in [0.3, 0.4) is 0 Å². The standard InChI is InChI=1S/C30H39F3N3O3/c1-4-17-36(18-5-2)29(39)25-14-9-13-24(21-25)28(38)35-26(20-23-11-7-6-8-12-23)19-22(3)27(37)34-16-10-15-30(31,32)33/h6-9,11-14,19,21-22,26H,4-5,10,15-18,20H2,1-3H3,(H,34,37)(H,35,38)/t22?,26-/m1/s1. The molecule has 0 saturated carbocycles. The SMILES string of the molecule is CCCN(CCC)C(=O)c1cccc(C(=O)N[C@H]([CH]C(C)C(=O)NCCCC(F)(F)F)Cc2ccccc2)c1. The van der Waals surface area contributed by atoms with Crippen molar-refractivity contribution < 1.29 is 27.6 Å². The molecule has 1 unspecified atom stereocenters. The third-order valence-electron chi connectivity index (χ3n) is 6.13. The molecule has 2 N–H and O–H groups in total. The molecule has 213 valence electrons. The van der Waals surface area contributed by atoms with Gasteiger partial charge in [0.2, 0.25) is 5.91 Å². The van der Waals surface area contributed by atoms with Crippen LogP contribution in [0, 0.1) is 12.3 Å². The maximum atomic E-state index is 13.2. The van der Waals surface area contributed by atoms with Crippen molar-refractivity contribution in [3.05, 3.63) is 77.7 Å². The second-order valence-corrected chi connectivity index (χ2v) is 9.63. The molecule has 6 nitrogen and oxygen atoms in total. The topological polar surface area (TPSA) is 78.5 Å². The second-order valence-electron chi connectivity index (χ2n) is 9.63. The Balaban J connectivity index is 2.11. The Labute approximate surface area is 229 Å². The molecule has 39 heavy (non-hydrogen) atoms. The Hall–Kier alpha value is -3.36. The lowest BCUT2D eigenvalue weighted by Gasteiger charge is -2.23. The van der Waals surface area contributed by atoms with Crippen molar-refractivity contribution in [3.8, 4) is 0 Å². The lowest BCUT2D eigenvalue weighted by atomic mass is 9.95. The third-order valence-corrected chi connectivity index (χ3v) is 6.13. The smallest absolute Gasteiger partial charge is 0.356 e. The Morgan fingerprint density at radius 3 is 2.21 bits per heavy atom. The number of rotatable bonds is 15. The molecule has 0 fully saturated rings. The number of nitrogens with zero attached hydrogens (tertiary/aromatic N) is 1. The summed E-state index contributed by atoms with van der Waals surface area (Å²) in [5, 5.41) is 5.49. The van der Waals surface area contributed by atoms with E-state index in [1.807, 2.05) is 44.2 Å². The lowest BCUT2D eigenvalue weighted by Crippen LogP contribution is -2.41. The quantitative estimate of drug-likeness (QED) is 0.286. The number of carbonyl (C=O) groups is 3. The van der Waals surface area contributed by atoms with E-state index >= 15 is 0 Å². The van der Waals surface area contributed by atoms with Gasteiger partial charge in [-0.2, -0.15) is 13.2 Å². The van der Waals surface area contributed by atoms with Crippen molar-refractivity contribution >= 4 is 17.7 Å². The summed E-state index contributed by atoms with van der Waals surface area (Å²) in [6.45, 7) is 6.83. The maximum Gasteiger partial charge on any atom is 0.389 e. The first-order valence-corrected chi connectivity index (χ1v) is 13.5. The van der Waals surface area contributed by atoms with E-state index in [1.165, 1.54) is 0 Å². The van der Waals surface area contributed by atoms with E-state index in [9.17, 15) is 27.6 Å². The van der Waals surface area contributed by atoms with Crippen LogP contribution >= 0.6 is 0 Å². The molecule has 3 amide bonds. The highest BCUT2D eigenvalue weighted by atomic mass is 19.4. The minimum absolute atomic E-state index is 0.0832. The lowest BCUT2D eigenvalue weighted by molar-refractivity contribution is -0.136. The molecular formula is C30H39F3N3O3. The monoisotopic (exact) mass is 546 g/mol. The predicted octanol–water partition coefficient (Wildman–Crippen LogP) is 5.59. The van der Waals surface area contributed by atoms with Gasteiger partial charge < -0.3 is 15.5 Å². The number of benzene rings is 2. The molecular weight excluding hydrogens is 507 g/mol. The van der Waals surface area contributed by atoms with Gasteiger partial charge >= 0.3 is 6.18 Å². The zero-order chi connectivity index (χ0) is 28.8. The van der Waals surface area contributed by atoms with Gasteiger partial charge in [-0.3, -0.25) is 14.4 Å². The average molecular weight is 547 g/mol. The van der Waals surface area contributed by atoms with Gasteiger partial charge in [0.25, 0.3) is 11.8 Å². The van der Waals surface area contributed by atoms with Crippen LogP contribution < -0.4 is 10.6 Å². The van der Waals surface area contributed by atoms with Gasteiger partial charge in [-0.25, -0.2) is 0 Å². The highest BCUT2D eigenvalue weighted by molar-refractivity contribution is 5.99. The van der Waals surface area contributed by atoms with Gasteiger partial charge in [-0.05, 0) is 55.9 Å². The van der Waals surface area contributed by atoms with E-state index in [0.29, 0.717) is 30.6 Å². The number of carbonyl (C=O) groups excluding carboxylic acids is 3. The van der Waals surface area contributed by atoms with Gasteiger partial charge in [0, 0.05) is 49.1 Å². The van der Waals surface area contributed by atoms with E-state index in [-0.39, 0.29) is 18.9 Å². The molecule has 2 atom stereocenters. The summed E-state index contributed by atoms with van der Waals surface area (Å²) in [6, 6.07) is 15.5. The number of alkyl halides is 3. The fraction of sp³-hybridized carbons (Fsp3) is 0.467. The summed E-state index contributed by atoms with van der Waals surface area (Å²) in [7, 11) is 0. The van der Waals surface area contributed by atoms with Gasteiger partial charge in [0.15, 0.2) is 0 Å². The van der Waals surface area contributed by atoms with Crippen molar-refractivity contribution in [1.82, 2.24) is 15.5 Å². The number of nitrogens with one attached hydrogen (secondary N) is 2. The van der Waals surface area contributed by atoms with E-state index in [4.69, 9.17) is 0 Å². The Morgan fingerprint density at radius 1 is 0.949 bits per heavy atom. The molecule has 2 aromatic rings. The molecule has 0 saturated heterocycles. The van der Waals surface area contributed by atoms with E-state index in [1.54, 1.807) is 42.5 Å². The van der Waals surface area contributed by atoms with E-state index < -0.39 is 36.4 Å². The third kappa shape index (κ3) is 11.5. The zero-order valence-electron chi connectivity index (χ0n) is 22.9. The van der Waals surface area contributed by atoms with Crippen LogP contribution in [-0.2, 0) is 11.2 Å². The van der Waals surface area contributed by atoms with Crippen LogP contribution in [0.4, 0.5) is 13.2 Å². The predicted molar refractivity (Wildman–Crippen MR) is 146 cm³/mol. The van der Waals surface area contributed by atoms with Crippen LogP contribution in [0.15, 0.2) is 54.6 Å². The summed E-state index contributed by atoms with van der Waals surface area (Å²) in [5.74, 6) is -1.59. The molecule has 0 heterocycles. The van der Waals surface area contributed by atoms with Crippen LogP contribution in [0.1, 0.15) is 72.7 Å². The number of halogens is 3. The molecule has 9 heteroatoms. The minimum Gasteiger partial charge on any atom is -0.356 e. The van der Waals surface area contributed by atoms with E-state index in [0.717, 1.165) is 18.4 Å². The summed E-state index contributed by atoms with van der Waals surface area (Å²) in [5.41, 5.74) is 1.69. The normalized spacial score (nSPS) is 12.9. The highest BCUT2D eigenvalue weighted by Gasteiger charge is 2.27. The van der Waals surface area contributed by atoms with Gasteiger partial charge in [-0.15, -0.1) is 0 Å². The fourth-order valence-corrected chi connectivity index (χ4v) is 4.21. The number of hydrogen-bond acceptors (Lipinski definition) is 3.